The summed E-state index contributed by atoms with van der Waals surface area (Å²) in [5.41, 5.74) is 15.4. The molecule has 0 atom stereocenters. The zero-order chi connectivity index (χ0) is 34.1. The van der Waals surface area contributed by atoms with Gasteiger partial charge in [0.15, 0.2) is 0 Å². The van der Waals surface area contributed by atoms with Gasteiger partial charge in [-0.1, -0.05) is 178 Å². The second kappa shape index (κ2) is 11.4. The van der Waals surface area contributed by atoms with E-state index in [9.17, 15) is 0 Å². The molecule has 9 aromatic rings. The van der Waals surface area contributed by atoms with Crippen molar-refractivity contribution >= 4 is 32.3 Å². The summed E-state index contributed by atoms with van der Waals surface area (Å²) in [5, 5.41) is 7.90. The third kappa shape index (κ3) is 4.75. The molecule has 240 valence electrons. The van der Waals surface area contributed by atoms with Gasteiger partial charge in [0.05, 0.1) is 0 Å². The number of benzene rings is 9. The smallest absolute Gasteiger partial charge is 0.0159 e. The largest absolute Gasteiger partial charge is 0.0622 e. The molecule has 1 aliphatic rings. The molecule has 0 nitrogen and oxygen atoms in total. The van der Waals surface area contributed by atoms with Crippen LogP contribution in [0.2, 0.25) is 0 Å². The SMILES string of the molecule is CC1(C)c2ccccc2-c2cc3c4ccccc4c4cc(-c5ccc(-c6ccc(-c7ccc(-c8ccccc8)cc7)cc6)cc5)ccc4c3cc21. The van der Waals surface area contributed by atoms with Gasteiger partial charge in [0.1, 0.15) is 0 Å². The molecule has 0 bridgehead atoms. The number of fused-ring (bicyclic) bond motifs is 9. The van der Waals surface area contributed by atoms with Crippen molar-refractivity contribution in [3.8, 4) is 55.6 Å². The molecule has 0 unspecified atom stereocenters. The maximum Gasteiger partial charge on any atom is 0.0159 e. The highest BCUT2D eigenvalue weighted by Gasteiger charge is 2.35. The molecule has 0 spiro atoms. The highest BCUT2D eigenvalue weighted by Crippen LogP contribution is 2.51. The van der Waals surface area contributed by atoms with Gasteiger partial charge in [-0.05, 0) is 117 Å². The van der Waals surface area contributed by atoms with Crippen molar-refractivity contribution in [3.63, 3.8) is 0 Å². The molecule has 1 aliphatic carbocycles. The minimum absolute atomic E-state index is 0.0335. The van der Waals surface area contributed by atoms with Gasteiger partial charge in [0.2, 0.25) is 0 Å². The third-order valence-corrected chi connectivity index (χ3v) is 11.3. The Balaban J connectivity index is 0.991. The summed E-state index contributed by atoms with van der Waals surface area (Å²) in [6, 6.07) is 67.2. The first kappa shape index (κ1) is 29.7. The van der Waals surface area contributed by atoms with E-state index in [0.29, 0.717) is 0 Å². The van der Waals surface area contributed by atoms with Crippen LogP contribution in [-0.4, -0.2) is 0 Å². The van der Waals surface area contributed by atoms with Crippen LogP contribution in [0.25, 0.3) is 88.0 Å². The minimum atomic E-state index is -0.0335. The van der Waals surface area contributed by atoms with Crippen molar-refractivity contribution in [1.82, 2.24) is 0 Å². The Morgan fingerprint density at radius 1 is 0.255 bits per heavy atom. The molecule has 0 heterocycles. The summed E-state index contributed by atoms with van der Waals surface area (Å²) in [7, 11) is 0. The average Bonchev–Trinajstić information content (AvgIpc) is 3.43. The Morgan fingerprint density at radius 3 is 1.22 bits per heavy atom. The Morgan fingerprint density at radius 2 is 0.647 bits per heavy atom. The van der Waals surface area contributed by atoms with E-state index < -0.39 is 0 Å². The monoisotopic (exact) mass is 648 g/mol. The Bertz CT molecular complexity index is 2770. The Kier molecular flexibility index (Phi) is 6.63. The lowest BCUT2D eigenvalue weighted by Gasteiger charge is -2.22. The quantitative estimate of drug-likeness (QED) is 0.167. The zero-order valence-electron chi connectivity index (χ0n) is 28.8. The van der Waals surface area contributed by atoms with Gasteiger partial charge in [-0.15, -0.1) is 0 Å². The molecule has 10 rings (SSSR count). The van der Waals surface area contributed by atoms with E-state index in [1.807, 2.05) is 0 Å². The molecule has 9 aromatic carbocycles. The molecule has 0 aromatic heterocycles. The summed E-state index contributed by atoms with van der Waals surface area (Å²) < 4.78 is 0. The molecule has 0 aliphatic heterocycles. The van der Waals surface area contributed by atoms with Crippen molar-refractivity contribution in [3.05, 3.63) is 193 Å². The van der Waals surface area contributed by atoms with E-state index in [0.717, 1.165) is 0 Å². The predicted octanol–water partition coefficient (Wildman–Crippen LogP) is 14.1. The molecular weight excluding hydrogens is 613 g/mol. The molecule has 0 heteroatoms. The highest BCUT2D eigenvalue weighted by molar-refractivity contribution is 6.26. The van der Waals surface area contributed by atoms with Crippen LogP contribution in [0.5, 0.6) is 0 Å². The molecule has 0 saturated carbocycles. The lowest BCUT2D eigenvalue weighted by atomic mass is 9.81. The van der Waals surface area contributed by atoms with Gasteiger partial charge in [0, 0.05) is 5.41 Å². The second-order valence-electron chi connectivity index (χ2n) is 14.5. The van der Waals surface area contributed by atoms with E-state index >= 15 is 0 Å². The molecule has 0 N–H and O–H groups in total. The van der Waals surface area contributed by atoms with Gasteiger partial charge in [-0.2, -0.15) is 0 Å². The average molecular weight is 649 g/mol. The van der Waals surface area contributed by atoms with Gasteiger partial charge in [0.25, 0.3) is 0 Å². The molecule has 0 amide bonds. The van der Waals surface area contributed by atoms with Crippen molar-refractivity contribution in [2.75, 3.05) is 0 Å². The summed E-state index contributed by atoms with van der Waals surface area (Å²) in [4.78, 5) is 0. The standard InChI is InChI=1S/C51H36/c1-51(2)49-15-9-8-14-44(49)48-31-46-42-13-7-6-12-41(42)45-30-40(28-29-43(45)47(46)32-50(48)51)39-26-24-38(25-27-39)37-22-20-36(21-23-37)35-18-16-34(17-19-35)33-10-4-3-5-11-33/h3-32H,1-2H3. The van der Waals surface area contributed by atoms with Crippen LogP contribution in [0.1, 0.15) is 25.0 Å². The van der Waals surface area contributed by atoms with E-state index in [2.05, 4.69) is 196 Å². The normalized spacial score (nSPS) is 13.1. The number of hydrogen-bond acceptors (Lipinski definition) is 0. The first-order valence-electron chi connectivity index (χ1n) is 17.9. The molecular formula is C51H36. The lowest BCUT2D eigenvalue weighted by molar-refractivity contribution is 0.661. The van der Waals surface area contributed by atoms with E-state index in [-0.39, 0.29) is 5.41 Å². The van der Waals surface area contributed by atoms with Crippen LogP contribution < -0.4 is 0 Å². The Labute approximate surface area is 299 Å². The summed E-state index contributed by atoms with van der Waals surface area (Å²) >= 11 is 0. The second-order valence-corrected chi connectivity index (χ2v) is 14.5. The molecule has 0 saturated heterocycles. The summed E-state index contributed by atoms with van der Waals surface area (Å²) in [6.07, 6.45) is 0. The van der Waals surface area contributed by atoms with Crippen LogP contribution in [0.15, 0.2) is 182 Å². The fourth-order valence-electron chi connectivity index (χ4n) is 8.52. The maximum absolute atomic E-state index is 2.49. The van der Waals surface area contributed by atoms with Crippen LogP contribution in [0, 0.1) is 0 Å². The number of rotatable bonds is 4. The van der Waals surface area contributed by atoms with Crippen molar-refractivity contribution < 1.29 is 0 Å². The molecule has 0 fully saturated rings. The van der Waals surface area contributed by atoms with Gasteiger partial charge in [-0.3, -0.25) is 0 Å². The van der Waals surface area contributed by atoms with Gasteiger partial charge < -0.3 is 0 Å². The van der Waals surface area contributed by atoms with Gasteiger partial charge in [-0.25, -0.2) is 0 Å². The highest BCUT2D eigenvalue weighted by atomic mass is 14.4. The fourth-order valence-corrected chi connectivity index (χ4v) is 8.52. The van der Waals surface area contributed by atoms with Crippen molar-refractivity contribution in [2.45, 2.75) is 19.3 Å². The van der Waals surface area contributed by atoms with Crippen LogP contribution in [0.3, 0.4) is 0 Å². The van der Waals surface area contributed by atoms with Crippen molar-refractivity contribution in [1.29, 1.82) is 0 Å². The minimum Gasteiger partial charge on any atom is -0.0622 e. The summed E-state index contributed by atoms with van der Waals surface area (Å²) in [5.74, 6) is 0. The summed E-state index contributed by atoms with van der Waals surface area (Å²) in [6.45, 7) is 4.74. The first-order chi connectivity index (χ1) is 25.0. The Hall–Kier alpha value is -6.24. The van der Waals surface area contributed by atoms with E-state index in [1.54, 1.807) is 0 Å². The van der Waals surface area contributed by atoms with E-state index in [1.165, 1.54) is 99.1 Å². The zero-order valence-corrected chi connectivity index (χ0v) is 28.8. The predicted molar refractivity (Wildman–Crippen MR) is 218 cm³/mol. The van der Waals surface area contributed by atoms with Crippen LogP contribution >= 0.6 is 0 Å². The van der Waals surface area contributed by atoms with E-state index in [4.69, 9.17) is 0 Å². The van der Waals surface area contributed by atoms with Crippen molar-refractivity contribution in [2.24, 2.45) is 0 Å². The molecule has 51 heavy (non-hydrogen) atoms. The van der Waals surface area contributed by atoms with Crippen LogP contribution in [-0.2, 0) is 5.41 Å². The molecule has 0 radical (unpaired) electrons. The topological polar surface area (TPSA) is 0 Å². The lowest BCUT2D eigenvalue weighted by Crippen LogP contribution is -2.14. The maximum atomic E-state index is 2.49. The fraction of sp³-hybridized carbons (Fsp3) is 0.0588. The first-order valence-corrected chi connectivity index (χ1v) is 17.9. The third-order valence-electron chi connectivity index (χ3n) is 11.3. The van der Waals surface area contributed by atoms with Gasteiger partial charge >= 0.3 is 0 Å². The van der Waals surface area contributed by atoms with Crippen LogP contribution in [0.4, 0.5) is 0 Å². The number of hydrogen-bond donors (Lipinski definition) is 0.